The Morgan fingerprint density at radius 2 is 2.17 bits per heavy atom. The molecule has 1 fully saturated rings. The van der Waals surface area contributed by atoms with Gasteiger partial charge in [0, 0.05) is 19.6 Å². The van der Waals surface area contributed by atoms with Crippen LogP contribution in [-0.4, -0.2) is 29.1 Å². The molecule has 5 heteroatoms. The van der Waals surface area contributed by atoms with Gasteiger partial charge in [0.2, 0.25) is 0 Å². The Bertz CT molecular complexity index is 464. The Labute approximate surface area is 116 Å². The van der Waals surface area contributed by atoms with Gasteiger partial charge in [-0.05, 0) is 17.5 Å². The molecule has 1 aromatic rings. The normalized spacial score (nSPS) is 24.4. The van der Waals surface area contributed by atoms with Gasteiger partial charge in [0.1, 0.15) is 0 Å². The molecule has 98 valence electrons. The second-order valence-electron chi connectivity index (χ2n) is 4.83. The first-order valence-corrected chi connectivity index (χ1v) is 6.62. The average molecular weight is 288 g/mol. The van der Waals surface area contributed by atoms with Gasteiger partial charge in [-0.15, -0.1) is 0 Å². The summed E-state index contributed by atoms with van der Waals surface area (Å²) in [5, 5.41) is 10.2. The van der Waals surface area contributed by atoms with Gasteiger partial charge in [-0.1, -0.05) is 42.3 Å². The van der Waals surface area contributed by atoms with E-state index in [0.717, 1.165) is 12.1 Å². The van der Waals surface area contributed by atoms with Gasteiger partial charge < -0.3 is 5.11 Å². The molecule has 0 aromatic heterocycles. The van der Waals surface area contributed by atoms with Crippen molar-refractivity contribution in [1.82, 2.24) is 4.90 Å². The molecule has 1 saturated heterocycles. The lowest BCUT2D eigenvalue weighted by molar-refractivity contribution is -0.142. The summed E-state index contributed by atoms with van der Waals surface area (Å²) in [6.45, 7) is 3.96. The summed E-state index contributed by atoms with van der Waals surface area (Å²) < 4.78 is 0. The maximum atomic E-state index is 11.1. The van der Waals surface area contributed by atoms with E-state index in [-0.39, 0.29) is 11.8 Å². The second-order valence-corrected chi connectivity index (χ2v) is 5.61. The molecule has 1 N–H and O–H groups in total. The van der Waals surface area contributed by atoms with Crippen molar-refractivity contribution < 1.29 is 9.90 Å². The minimum absolute atomic E-state index is 0.167. The molecule has 0 saturated carbocycles. The maximum Gasteiger partial charge on any atom is 0.308 e. The maximum absolute atomic E-state index is 11.1. The van der Waals surface area contributed by atoms with Crippen molar-refractivity contribution in [3.8, 4) is 0 Å². The number of likely N-dealkylation sites (tertiary alicyclic amines) is 1. The number of carboxylic acid groups (broad SMARTS) is 1. The highest BCUT2D eigenvalue weighted by atomic mass is 35.5. The molecule has 0 spiro atoms. The van der Waals surface area contributed by atoms with Crippen molar-refractivity contribution in [2.24, 2.45) is 11.8 Å². The second kappa shape index (κ2) is 5.47. The van der Waals surface area contributed by atoms with Gasteiger partial charge in [0.05, 0.1) is 16.0 Å². The first-order chi connectivity index (χ1) is 8.49. The van der Waals surface area contributed by atoms with Crippen LogP contribution in [0.2, 0.25) is 10.0 Å². The van der Waals surface area contributed by atoms with Gasteiger partial charge in [-0.2, -0.15) is 0 Å². The van der Waals surface area contributed by atoms with E-state index in [1.54, 1.807) is 6.07 Å². The van der Waals surface area contributed by atoms with Gasteiger partial charge in [0.15, 0.2) is 0 Å². The number of benzene rings is 1. The SMILES string of the molecule is C[C@@H]1CN(Cc2cccc(Cl)c2Cl)C[C@H]1C(=O)O. The topological polar surface area (TPSA) is 40.5 Å². The van der Waals surface area contributed by atoms with Crippen LogP contribution in [0.4, 0.5) is 0 Å². The fourth-order valence-electron chi connectivity index (χ4n) is 2.43. The summed E-state index contributed by atoms with van der Waals surface area (Å²) >= 11 is 12.1. The van der Waals surface area contributed by atoms with E-state index in [1.807, 2.05) is 19.1 Å². The van der Waals surface area contributed by atoms with Crippen molar-refractivity contribution in [3.63, 3.8) is 0 Å². The lowest BCUT2D eigenvalue weighted by atomic mass is 9.99. The first-order valence-electron chi connectivity index (χ1n) is 5.87. The molecule has 1 aliphatic heterocycles. The summed E-state index contributed by atoms with van der Waals surface area (Å²) in [5.74, 6) is -0.842. The summed E-state index contributed by atoms with van der Waals surface area (Å²) in [6.07, 6.45) is 0. The van der Waals surface area contributed by atoms with Crippen molar-refractivity contribution in [2.75, 3.05) is 13.1 Å². The summed E-state index contributed by atoms with van der Waals surface area (Å²) in [4.78, 5) is 13.2. The fourth-order valence-corrected chi connectivity index (χ4v) is 2.81. The molecule has 1 aromatic carbocycles. The lowest BCUT2D eigenvalue weighted by Gasteiger charge is -2.16. The lowest BCUT2D eigenvalue weighted by Crippen LogP contribution is -2.23. The number of aliphatic carboxylic acids is 1. The number of nitrogens with zero attached hydrogens (tertiary/aromatic N) is 1. The Balaban J connectivity index is 2.07. The molecule has 2 atom stereocenters. The van der Waals surface area contributed by atoms with E-state index in [4.69, 9.17) is 28.3 Å². The average Bonchev–Trinajstić information content (AvgIpc) is 2.66. The third-order valence-electron chi connectivity index (χ3n) is 3.43. The van der Waals surface area contributed by atoms with Crippen LogP contribution in [0.1, 0.15) is 12.5 Å². The molecule has 0 unspecified atom stereocenters. The first kappa shape index (κ1) is 13.7. The molecule has 1 aliphatic rings. The van der Waals surface area contributed by atoms with Crippen LogP contribution in [0.25, 0.3) is 0 Å². The zero-order valence-electron chi connectivity index (χ0n) is 10.1. The highest BCUT2D eigenvalue weighted by Crippen LogP contribution is 2.29. The summed E-state index contributed by atoms with van der Waals surface area (Å²) in [6, 6.07) is 5.53. The fraction of sp³-hybridized carbons (Fsp3) is 0.462. The molecule has 0 bridgehead atoms. The van der Waals surface area contributed by atoms with Gasteiger partial charge >= 0.3 is 5.97 Å². The van der Waals surface area contributed by atoms with Crippen molar-refractivity contribution in [2.45, 2.75) is 13.5 Å². The van der Waals surface area contributed by atoms with Gasteiger partial charge in [-0.25, -0.2) is 0 Å². The van der Waals surface area contributed by atoms with Crippen LogP contribution >= 0.6 is 23.2 Å². The molecule has 18 heavy (non-hydrogen) atoms. The van der Waals surface area contributed by atoms with Crippen LogP contribution in [-0.2, 0) is 11.3 Å². The number of hydrogen-bond acceptors (Lipinski definition) is 2. The van der Waals surface area contributed by atoms with Crippen LogP contribution in [0.3, 0.4) is 0 Å². The van der Waals surface area contributed by atoms with E-state index in [9.17, 15) is 4.79 Å². The van der Waals surface area contributed by atoms with E-state index in [0.29, 0.717) is 23.1 Å². The molecular weight excluding hydrogens is 273 g/mol. The number of carboxylic acids is 1. The van der Waals surface area contributed by atoms with Crippen LogP contribution < -0.4 is 0 Å². The minimum atomic E-state index is -0.720. The highest BCUT2D eigenvalue weighted by molar-refractivity contribution is 6.42. The van der Waals surface area contributed by atoms with Crippen LogP contribution in [0.5, 0.6) is 0 Å². The third kappa shape index (κ3) is 2.79. The van der Waals surface area contributed by atoms with Crippen LogP contribution in [0.15, 0.2) is 18.2 Å². The highest BCUT2D eigenvalue weighted by Gasteiger charge is 2.34. The molecule has 0 radical (unpaired) electrons. The Morgan fingerprint density at radius 3 is 2.78 bits per heavy atom. The summed E-state index contributed by atoms with van der Waals surface area (Å²) in [7, 11) is 0. The molecular formula is C13H15Cl2NO2. The zero-order chi connectivity index (χ0) is 13.3. The van der Waals surface area contributed by atoms with Crippen LogP contribution in [0, 0.1) is 11.8 Å². The quantitative estimate of drug-likeness (QED) is 0.929. The van der Waals surface area contributed by atoms with Gasteiger partial charge in [0.25, 0.3) is 0 Å². The number of carbonyl (C=O) groups is 1. The van der Waals surface area contributed by atoms with E-state index in [1.165, 1.54) is 0 Å². The van der Waals surface area contributed by atoms with E-state index >= 15 is 0 Å². The molecule has 3 nitrogen and oxygen atoms in total. The Morgan fingerprint density at radius 1 is 1.44 bits per heavy atom. The Hall–Kier alpha value is -0.770. The molecule has 0 aliphatic carbocycles. The molecule has 1 heterocycles. The molecule has 2 rings (SSSR count). The predicted molar refractivity (Wildman–Crippen MR) is 72.0 cm³/mol. The predicted octanol–water partition coefficient (Wildman–Crippen LogP) is 3.15. The van der Waals surface area contributed by atoms with E-state index < -0.39 is 5.97 Å². The zero-order valence-corrected chi connectivity index (χ0v) is 11.6. The smallest absolute Gasteiger partial charge is 0.308 e. The van der Waals surface area contributed by atoms with Crippen molar-refractivity contribution in [1.29, 1.82) is 0 Å². The van der Waals surface area contributed by atoms with Crippen molar-refractivity contribution >= 4 is 29.2 Å². The minimum Gasteiger partial charge on any atom is -0.481 e. The monoisotopic (exact) mass is 287 g/mol. The van der Waals surface area contributed by atoms with Gasteiger partial charge in [-0.3, -0.25) is 9.69 Å². The number of halogens is 2. The standard InChI is InChI=1S/C13H15Cl2NO2/c1-8-5-16(7-10(8)13(17)18)6-9-3-2-4-11(14)12(9)15/h2-4,8,10H,5-7H2,1H3,(H,17,18)/t8-,10-/m1/s1. The molecule has 0 amide bonds. The van der Waals surface area contributed by atoms with Crippen molar-refractivity contribution in [3.05, 3.63) is 33.8 Å². The Kier molecular flexibility index (Phi) is 4.15. The third-order valence-corrected chi connectivity index (χ3v) is 4.29. The van der Waals surface area contributed by atoms with E-state index in [2.05, 4.69) is 4.90 Å². The largest absolute Gasteiger partial charge is 0.481 e. The number of rotatable bonds is 3. The number of hydrogen-bond donors (Lipinski definition) is 1. The summed E-state index contributed by atoms with van der Waals surface area (Å²) in [5.41, 5.74) is 0.947.